The number of carbonyl (C=O) groups is 2. The van der Waals surface area contributed by atoms with Crippen LogP contribution in [0.1, 0.15) is 25.7 Å². The van der Waals surface area contributed by atoms with Crippen molar-refractivity contribution in [2.45, 2.75) is 20.1 Å². The van der Waals surface area contributed by atoms with Gasteiger partial charge >= 0.3 is 17.6 Å². The van der Waals surface area contributed by atoms with Crippen LogP contribution in [0, 0.1) is 10.1 Å². The summed E-state index contributed by atoms with van der Waals surface area (Å²) in [5.74, 6) is -1.33. The van der Waals surface area contributed by atoms with Crippen LogP contribution in [-0.2, 0) is 19.1 Å². The van der Waals surface area contributed by atoms with Crippen LogP contribution >= 0.6 is 0 Å². The number of nitro groups is 1. The second-order valence-corrected chi connectivity index (χ2v) is 3.74. The van der Waals surface area contributed by atoms with Gasteiger partial charge < -0.3 is 14.2 Å². The van der Waals surface area contributed by atoms with Gasteiger partial charge in [0.15, 0.2) is 5.75 Å². The maximum absolute atomic E-state index is 11.0. The molecule has 0 N–H and O–H groups in total. The Kier molecular flexibility index (Phi) is 5.01. The first kappa shape index (κ1) is 15.4. The first-order valence-corrected chi connectivity index (χ1v) is 5.52. The summed E-state index contributed by atoms with van der Waals surface area (Å²) in [5.41, 5.74) is -0.169. The van der Waals surface area contributed by atoms with Crippen molar-refractivity contribution in [1.29, 1.82) is 0 Å². The third-order valence-electron chi connectivity index (χ3n) is 2.22. The first-order valence-electron chi connectivity index (χ1n) is 5.52. The Balaban J connectivity index is 3.19. The van der Waals surface area contributed by atoms with Gasteiger partial charge in [-0.05, 0) is 12.1 Å². The molecule has 0 saturated carbocycles. The number of nitrogens with zero attached hydrogens (tertiary/aromatic N) is 1. The molecule has 0 amide bonds. The van der Waals surface area contributed by atoms with Crippen LogP contribution in [0.3, 0.4) is 0 Å². The molecular formula is C12H13NO7. The number of rotatable bonds is 5. The lowest BCUT2D eigenvalue weighted by Crippen LogP contribution is -2.15. The highest BCUT2D eigenvalue weighted by molar-refractivity contribution is 5.68. The van der Waals surface area contributed by atoms with Crippen LogP contribution in [0.25, 0.3) is 0 Å². The smallest absolute Gasteiger partial charge is 0.311 e. The summed E-state index contributed by atoms with van der Waals surface area (Å²) in [6.45, 7) is 2.27. The van der Waals surface area contributed by atoms with Gasteiger partial charge in [0.05, 0.1) is 12.0 Å². The van der Waals surface area contributed by atoms with Crippen LogP contribution in [0.15, 0.2) is 18.2 Å². The predicted molar refractivity (Wildman–Crippen MR) is 65.9 cm³/mol. The Labute approximate surface area is 114 Å². The number of carbonyl (C=O) groups excluding carboxylic acids is 2. The Bertz CT molecular complexity index is 525. The highest BCUT2D eigenvalue weighted by atomic mass is 16.7. The van der Waals surface area contributed by atoms with E-state index >= 15 is 0 Å². The third-order valence-corrected chi connectivity index (χ3v) is 2.22. The van der Waals surface area contributed by atoms with E-state index in [1.807, 2.05) is 0 Å². The van der Waals surface area contributed by atoms with E-state index in [9.17, 15) is 19.7 Å². The van der Waals surface area contributed by atoms with Gasteiger partial charge in [0.1, 0.15) is 0 Å². The molecule has 0 unspecified atom stereocenters. The molecular weight excluding hydrogens is 270 g/mol. The van der Waals surface area contributed by atoms with Crippen molar-refractivity contribution in [3.8, 4) is 5.75 Å². The molecule has 0 aliphatic rings. The molecule has 0 fully saturated rings. The van der Waals surface area contributed by atoms with Crippen molar-refractivity contribution in [3.05, 3.63) is 33.9 Å². The SMILES string of the molecule is COc1ccc(C(OC(C)=O)OC(C)=O)cc1[N+](=O)[O-]. The maximum Gasteiger partial charge on any atom is 0.311 e. The van der Waals surface area contributed by atoms with E-state index in [0.29, 0.717) is 0 Å². The van der Waals surface area contributed by atoms with Gasteiger partial charge in [-0.2, -0.15) is 0 Å². The van der Waals surface area contributed by atoms with Crippen LogP contribution in [0.4, 0.5) is 5.69 Å². The van der Waals surface area contributed by atoms with Gasteiger partial charge in [-0.15, -0.1) is 0 Å². The Morgan fingerprint density at radius 1 is 1.20 bits per heavy atom. The van der Waals surface area contributed by atoms with Gasteiger partial charge in [0.25, 0.3) is 6.29 Å². The molecule has 0 atom stereocenters. The summed E-state index contributed by atoms with van der Waals surface area (Å²) in [4.78, 5) is 32.2. The van der Waals surface area contributed by atoms with Gasteiger partial charge in [0, 0.05) is 25.5 Å². The second-order valence-electron chi connectivity index (χ2n) is 3.74. The van der Waals surface area contributed by atoms with E-state index in [0.717, 1.165) is 19.9 Å². The van der Waals surface area contributed by atoms with Crippen LogP contribution < -0.4 is 4.74 Å². The molecule has 0 bridgehead atoms. The molecule has 0 aromatic heterocycles. The monoisotopic (exact) mass is 283 g/mol. The maximum atomic E-state index is 11.0. The summed E-state index contributed by atoms with van der Waals surface area (Å²) < 4.78 is 14.5. The number of benzene rings is 1. The molecule has 108 valence electrons. The minimum atomic E-state index is -1.34. The molecule has 1 aromatic rings. The highest BCUT2D eigenvalue weighted by Gasteiger charge is 2.23. The molecule has 20 heavy (non-hydrogen) atoms. The normalized spacial score (nSPS) is 10.0. The van der Waals surface area contributed by atoms with Gasteiger partial charge in [0.2, 0.25) is 0 Å². The zero-order valence-electron chi connectivity index (χ0n) is 11.1. The summed E-state index contributed by atoms with van der Waals surface area (Å²) in [6.07, 6.45) is -1.34. The fraction of sp³-hybridized carbons (Fsp3) is 0.333. The number of nitro benzene ring substituents is 1. The van der Waals surface area contributed by atoms with Crippen molar-refractivity contribution in [1.82, 2.24) is 0 Å². The molecule has 0 heterocycles. The highest BCUT2D eigenvalue weighted by Crippen LogP contribution is 2.31. The van der Waals surface area contributed by atoms with Gasteiger partial charge in [-0.3, -0.25) is 19.7 Å². The van der Waals surface area contributed by atoms with Crippen molar-refractivity contribution in [3.63, 3.8) is 0 Å². The standard InChI is InChI=1S/C12H13NO7/c1-7(14)19-12(20-8(2)15)9-4-5-11(18-3)10(6-9)13(16)17/h4-6,12H,1-3H3. The average molecular weight is 283 g/mol. The van der Waals surface area contributed by atoms with E-state index in [1.54, 1.807) is 0 Å². The minimum absolute atomic E-state index is 0.0446. The lowest BCUT2D eigenvalue weighted by molar-refractivity contribution is -0.385. The molecule has 8 heteroatoms. The van der Waals surface area contributed by atoms with Crippen molar-refractivity contribution in [2.24, 2.45) is 0 Å². The van der Waals surface area contributed by atoms with E-state index in [4.69, 9.17) is 14.2 Å². The minimum Gasteiger partial charge on any atom is -0.490 e. The summed E-state index contributed by atoms with van der Waals surface area (Å²) in [7, 11) is 1.29. The van der Waals surface area contributed by atoms with Crippen LogP contribution in [0.5, 0.6) is 5.75 Å². The number of hydrogen-bond donors (Lipinski definition) is 0. The largest absolute Gasteiger partial charge is 0.490 e. The summed E-state index contributed by atoms with van der Waals surface area (Å²) in [5, 5.41) is 10.9. The Morgan fingerprint density at radius 2 is 1.75 bits per heavy atom. The van der Waals surface area contributed by atoms with Crippen molar-refractivity contribution < 1.29 is 28.7 Å². The summed E-state index contributed by atoms with van der Waals surface area (Å²) >= 11 is 0. The predicted octanol–water partition coefficient (Wildman–Crippen LogP) is 1.73. The molecule has 0 spiro atoms. The fourth-order valence-corrected chi connectivity index (χ4v) is 1.46. The summed E-state index contributed by atoms with van der Waals surface area (Å²) in [6, 6.07) is 3.85. The fourth-order valence-electron chi connectivity index (χ4n) is 1.46. The zero-order chi connectivity index (χ0) is 15.3. The third kappa shape index (κ3) is 3.94. The van der Waals surface area contributed by atoms with Crippen molar-refractivity contribution >= 4 is 17.6 Å². The van der Waals surface area contributed by atoms with Gasteiger partial charge in [-0.25, -0.2) is 0 Å². The Hall–Kier alpha value is -2.64. The Morgan fingerprint density at radius 3 is 2.15 bits per heavy atom. The molecule has 0 aliphatic heterocycles. The topological polar surface area (TPSA) is 105 Å². The molecule has 1 aromatic carbocycles. The van der Waals surface area contributed by atoms with Gasteiger partial charge in [-0.1, -0.05) is 0 Å². The molecule has 0 aliphatic carbocycles. The second kappa shape index (κ2) is 6.50. The van der Waals surface area contributed by atoms with E-state index in [-0.39, 0.29) is 17.0 Å². The van der Waals surface area contributed by atoms with E-state index < -0.39 is 23.2 Å². The first-order chi connectivity index (χ1) is 9.35. The molecule has 8 nitrogen and oxygen atoms in total. The average Bonchev–Trinajstić information content (AvgIpc) is 2.36. The van der Waals surface area contributed by atoms with Crippen molar-refractivity contribution in [2.75, 3.05) is 7.11 Å². The molecule has 1 rings (SSSR count). The molecule has 0 saturated heterocycles. The van der Waals surface area contributed by atoms with E-state index in [2.05, 4.69) is 0 Å². The number of methoxy groups -OCH3 is 1. The van der Waals surface area contributed by atoms with E-state index in [1.165, 1.54) is 19.2 Å². The number of hydrogen-bond acceptors (Lipinski definition) is 7. The molecule has 0 radical (unpaired) electrons. The number of ether oxygens (including phenoxy) is 3. The van der Waals surface area contributed by atoms with Crippen LogP contribution in [0.2, 0.25) is 0 Å². The lowest BCUT2D eigenvalue weighted by atomic mass is 10.2. The lowest BCUT2D eigenvalue weighted by Gasteiger charge is -2.17. The zero-order valence-corrected chi connectivity index (χ0v) is 11.1. The van der Waals surface area contributed by atoms with Crippen LogP contribution in [-0.4, -0.2) is 24.0 Å². The number of esters is 2. The quantitative estimate of drug-likeness (QED) is 0.350.